The standard InChI is InChI=1S/C19H21N3O.C14H21N3O2S.C4H6O4/c1-13-5-8-15(9-6-13)19-16(11-18(23)21(3)4)22-12-14(2)7-10-17(22)20-19;1-15-20(18,19)10-11-4-5-14-13(8-11)12(9-16-14)6-7-17(2)3;5-3(6)1-2-4(7)8/h5-10,12H,11H2,1-4H3;4-5,8-9,15-16H,6-7,10H2,1-3H3;1-2H2,(H,5,6)(H,7,8). The van der Waals surface area contributed by atoms with E-state index in [-0.39, 0.29) is 24.5 Å². The Bertz CT molecular complexity index is 2050. The molecular formula is C37H48N6O7S. The van der Waals surface area contributed by atoms with Gasteiger partial charge in [-0.05, 0) is 76.3 Å². The first-order valence-electron chi connectivity index (χ1n) is 16.3. The van der Waals surface area contributed by atoms with Crippen LogP contribution >= 0.6 is 0 Å². The maximum atomic E-state index is 12.3. The number of amides is 1. The number of hydrogen-bond acceptors (Lipinski definition) is 7. The number of carbonyl (C=O) groups is 3. The molecule has 4 N–H and O–H groups in total. The van der Waals surface area contributed by atoms with E-state index >= 15 is 0 Å². The maximum absolute atomic E-state index is 12.3. The van der Waals surface area contributed by atoms with Gasteiger partial charge in [-0.15, -0.1) is 0 Å². The lowest BCUT2D eigenvalue weighted by Crippen LogP contribution is -2.24. The van der Waals surface area contributed by atoms with Gasteiger partial charge in [0.1, 0.15) is 5.65 Å². The van der Waals surface area contributed by atoms with E-state index in [0.29, 0.717) is 6.42 Å². The molecule has 0 aliphatic rings. The zero-order valence-electron chi connectivity index (χ0n) is 30.2. The van der Waals surface area contributed by atoms with E-state index in [1.807, 2.05) is 68.1 Å². The number of imidazole rings is 1. The van der Waals surface area contributed by atoms with Crippen LogP contribution in [0.2, 0.25) is 0 Å². The Morgan fingerprint density at radius 1 is 0.902 bits per heavy atom. The second-order valence-corrected chi connectivity index (χ2v) is 14.6. The van der Waals surface area contributed by atoms with Gasteiger partial charge in [0.15, 0.2) is 0 Å². The topological polar surface area (TPSA) is 177 Å². The minimum absolute atomic E-state index is 0.0116. The van der Waals surface area contributed by atoms with E-state index in [9.17, 15) is 22.8 Å². The van der Waals surface area contributed by atoms with E-state index in [0.717, 1.165) is 57.6 Å². The SMILES string of the molecule is CNS(=O)(=O)Cc1ccc2[nH]cc(CCN(C)C)c2c1.Cc1ccc(-c2nc3ccc(C)cn3c2CC(=O)N(C)C)cc1.O=C(O)CCC(=O)O. The number of pyridine rings is 1. The van der Waals surface area contributed by atoms with Gasteiger partial charge in [-0.3, -0.25) is 14.4 Å². The first-order valence-corrected chi connectivity index (χ1v) is 18.0. The average molecular weight is 721 g/mol. The van der Waals surface area contributed by atoms with Crippen LogP contribution in [0, 0.1) is 13.8 Å². The number of aromatic nitrogens is 3. The number of aryl methyl sites for hydroxylation is 2. The van der Waals surface area contributed by atoms with Gasteiger partial charge in [-0.1, -0.05) is 42.0 Å². The quantitative estimate of drug-likeness (QED) is 0.144. The third-order valence-corrected chi connectivity index (χ3v) is 9.22. The summed E-state index contributed by atoms with van der Waals surface area (Å²) < 4.78 is 27.6. The highest BCUT2D eigenvalue weighted by Gasteiger charge is 2.18. The van der Waals surface area contributed by atoms with Crippen LogP contribution in [-0.4, -0.2) is 102 Å². The van der Waals surface area contributed by atoms with E-state index in [2.05, 4.69) is 45.8 Å². The number of benzene rings is 2. The summed E-state index contributed by atoms with van der Waals surface area (Å²) in [6.07, 6.45) is 4.73. The third-order valence-electron chi connectivity index (χ3n) is 7.89. The number of H-pyrrole nitrogens is 1. The summed E-state index contributed by atoms with van der Waals surface area (Å²) in [5.41, 5.74) is 9.14. The molecule has 5 rings (SSSR count). The minimum atomic E-state index is -3.23. The first kappa shape index (κ1) is 40.4. The lowest BCUT2D eigenvalue weighted by molar-refractivity contribution is -0.143. The van der Waals surface area contributed by atoms with Crippen LogP contribution in [-0.2, 0) is 43.0 Å². The molecular weight excluding hydrogens is 673 g/mol. The fraction of sp³-hybridized carbons (Fsp3) is 0.351. The molecule has 13 nitrogen and oxygen atoms in total. The van der Waals surface area contributed by atoms with Crippen LogP contribution in [0.5, 0.6) is 0 Å². The molecule has 0 radical (unpaired) electrons. The molecule has 0 spiro atoms. The highest BCUT2D eigenvalue weighted by atomic mass is 32.2. The maximum Gasteiger partial charge on any atom is 0.303 e. The Hall–Kier alpha value is -5.05. The summed E-state index contributed by atoms with van der Waals surface area (Å²) in [5, 5.41) is 16.9. The molecule has 5 aromatic rings. The monoisotopic (exact) mass is 720 g/mol. The fourth-order valence-electron chi connectivity index (χ4n) is 4.98. The van der Waals surface area contributed by atoms with Gasteiger partial charge in [0, 0.05) is 49.5 Å². The van der Waals surface area contributed by atoms with Crippen molar-refractivity contribution in [1.29, 1.82) is 0 Å². The van der Waals surface area contributed by atoms with E-state index in [1.54, 1.807) is 19.0 Å². The molecule has 0 fully saturated rings. The lowest BCUT2D eigenvalue weighted by Gasteiger charge is -2.11. The van der Waals surface area contributed by atoms with E-state index in [4.69, 9.17) is 15.2 Å². The van der Waals surface area contributed by atoms with Gasteiger partial charge in [0.05, 0.1) is 36.4 Å². The van der Waals surface area contributed by atoms with Gasteiger partial charge in [-0.25, -0.2) is 18.1 Å². The van der Waals surface area contributed by atoms with Crippen LogP contribution in [0.3, 0.4) is 0 Å². The third kappa shape index (κ3) is 12.3. The van der Waals surface area contributed by atoms with Crippen LogP contribution in [0.25, 0.3) is 27.8 Å². The molecule has 274 valence electrons. The number of carboxylic acid groups (broad SMARTS) is 2. The number of carbonyl (C=O) groups excluding carboxylic acids is 1. The van der Waals surface area contributed by atoms with Gasteiger partial charge >= 0.3 is 11.9 Å². The van der Waals surface area contributed by atoms with Gasteiger partial charge in [0.25, 0.3) is 0 Å². The number of fused-ring (bicyclic) bond motifs is 2. The highest BCUT2D eigenvalue weighted by Crippen LogP contribution is 2.26. The summed E-state index contributed by atoms with van der Waals surface area (Å²) in [6, 6.07) is 18.1. The fourth-order valence-corrected chi connectivity index (χ4v) is 5.75. The van der Waals surface area contributed by atoms with Crippen LogP contribution in [0.15, 0.2) is 67.0 Å². The summed E-state index contributed by atoms with van der Waals surface area (Å²) in [7, 11) is 5.85. The first-order chi connectivity index (χ1) is 24.0. The summed E-state index contributed by atoms with van der Waals surface area (Å²) in [4.78, 5) is 43.3. The number of nitrogens with one attached hydrogen (secondary N) is 2. The average Bonchev–Trinajstić information content (AvgIpc) is 3.64. The second kappa shape index (κ2) is 18.3. The van der Waals surface area contributed by atoms with Crippen LogP contribution in [0.4, 0.5) is 0 Å². The molecule has 3 heterocycles. The lowest BCUT2D eigenvalue weighted by atomic mass is 10.1. The number of aromatic amines is 1. The van der Waals surface area contributed by atoms with Crippen molar-refractivity contribution >= 4 is 44.4 Å². The second-order valence-electron chi connectivity index (χ2n) is 12.7. The van der Waals surface area contributed by atoms with Crippen molar-refractivity contribution in [2.75, 3.05) is 41.8 Å². The molecule has 0 aliphatic heterocycles. The Morgan fingerprint density at radius 3 is 2.10 bits per heavy atom. The molecule has 0 saturated carbocycles. The normalized spacial score (nSPS) is 11.1. The molecule has 0 unspecified atom stereocenters. The van der Waals surface area contributed by atoms with Crippen molar-refractivity contribution in [2.45, 2.75) is 45.3 Å². The number of sulfonamides is 1. The van der Waals surface area contributed by atoms with Crippen molar-refractivity contribution in [3.8, 4) is 11.3 Å². The number of rotatable bonds is 12. The van der Waals surface area contributed by atoms with Crippen LogP contribution in [0.1, 0.15) is 40.8 Å². The van der Waals surface area contributed by atoms with Crippen molar-refractivity contribution < 1.29 is 33.0 Å². The number of aliphatic carboxylic acids is 2. The molecule has 0 saturated heterocycles. The number of likely N-dealkylation sites (N-methyl/N-ethyl adjacent to an activating group) is 2. The summed E-state index contributed by atoms with van der Waals surface area (Å²) >= 11 is 0. The smallest absolute Gasteiger partial charge is 0.303 e. The predicted octanol–water partition coefficient (Wildman–Crippen LogP) is 4.51. The summed E-state index contributed by atoms with van der Waals surface area (Å²) in [6.45, 7) is 5.07. The Balaban J connectivity index is 0.000000230. The van der Waals surface area contributed by atoms with Crippen molar-refractivity contribution in [1.82, 2.24) is 28.9 Å². The molecule has 1 amide bonds. The number of hydrogen-bond donors (Lipinski definition) is 4. The molecule has 2 aromatic carbocycles. The molecule has 3 aromatic heterocycles. The van der Waals surface area contributed by atoms with E-state index in [1.165, 1.54) is 18.2 Å². The molecule has 14 heteroatoms. The highest BCUT2D eigenvalue weighted by molar-refractivity contribution is 7.88. The largest absolute Gasteiger partial charge is 0.481 e. The Labute approximate surface area is 299 Å². The zero-order valence-corrected chi connectivity index (χ0v) is 31.0. The van der Waals surface area contributed by atoms with Crippen LogP contribution < -0.4 is 4.72 Å². The molecule has 0 atom stereocenters. The van der Waals surface area contributed by atoms with Gasteiger partial charge in [-0.2, -0.15) is 0 Å². The minimum Gasteiger partial charge on any atom is -0.481 e. The Morgan fingerprint density at radius 2 is 1.53 bits per heavy atom. The number of carboxylic acids is 2. The molecule has 51 heavy (non-hydrogen) atoms. The predicted molar refractivity (Wildman–Crippen MR) is 199 cm³/mol. The molecule has 0 aliphatic carbocycles. The van der Waals surface area contributed by atoms with Crippen molar-refractivity contribution in [3.05, 3.63) is 94.9 Å². The number of nitrogens with zero attached hydrogens (tertiary/aromatic N) is 4. The zero-order chi connectivity index (χ0) is 37.9. The van der Waals surface area contributed by atoms with Crippen molar-refractivity contribution in [2.24, 2.45) is 0 Å². The Kier molecular flexibility index (Phi) is 14.5. The van der Waals surface area contributed by atoms with Crippen molar-refractivity contribution in [3.63, 3.8) is 0 Å². The summed E-state index contributed by atoms with van der Waals surface area (Å²) in [5.74, 6) is -2.07. The van der Waals surface area contributed by atoms with Gasteiger partial charge in [0.2, 0.25) is 15.9 Å². The molecule has 0 bridgehead atoms. The van der Waals surface area contributed by atoms with Gasteiger partial charge < -0.3 is 29.4 Å². The van der Waals surface area contributed by atoms with E-state index < -0.39 is 22.0 Å².